The second kappa shape index (κ2) is 13.5. The summed E-state index contributed by atoms with van der Waals surface area (Å²) in [5.74, 6) is 0.335. The molecule has 0 atom stereocenters. The van der Waals surface area contributed by atoms with E-state index in [1.165, 1.54) is 41.6 Å². The Morgan fingerprint density at radius 2 is 1.55 bits per heavy atom. The van der Waals surface area contributed by atoms with Crippen molar-refractivity contribution in [3.8, 4) is 17.2 Å². The molecule has 208 valence electrons. The normalized spacial score (nSPS) is 14.3. The number of rotatable bonds is 11. The van der Waals surface area contributed by atoms with Crippen molar-refractivity contribution in [2.75, 3.05) is 52.3 Å². The summed E-state index contributed by atoms with van der Waals surface area (Å²) in [5.41, 5.74) is 0.560. The number of nitrogens with one attached hydrogen (secondary N) is 1. The van der Waals surface area contributed by atoms with Crippen molar-refractivity contribution in [1.82, 2.24) is 9.21 Å². The highest BCUT2D eigenvalue weighted by Gasteiger charge is 2.28. The van der Waals surface area contributed by atoms with Crippen LogP contribution in [0.15, 0.2) is 41.3 Å². The Hall–Kier alpha value is -3.31. The van der Waals surface area contributed by atoms with Crippen LogP contribution in [0.2, 0.25) is 0 Å². The third-order valence-electron chi connectivity index (χ3n) is 6.16. The van der Waals surface area contributed by atoms with Crippen molar-refractivity contribution in [1.29, 1.82) is 0 Å². The van der Waals surface area contributed by atoms with Gasteiger partial charge in [-0.15, -0.1) is 0 Å². The molecule has 38 heavy (non-hydrogen) atoms. The number of likely N-dealkylation sites (N-methyl/N-ethyl adjacent to an activating group) is 1. The lowest BCUT2D eigenvalue weighted by atomic mass is 10.1. The van der Waals surface area contributed by atoms with E-state index in [0.717, 1.165) is 25.7 Å². The maximum Gasteiger partial charge on any atom is 0.257 e. The Balaban J connectivity index is 1.75. The summed E-state index contributed by atoms with van der Waals surface area (Å²) in [5, 5.41) is 2.76. The third-order valence-corrected chi connectivity index (χ3v) is 8.05. The molecular weight excluding hydrogens is 510 g/mol. The predicted molar refractivity (Wildman–Crippen MR) is 145 cm³/mol. The van der Waals surface area contributed by atoms with Gasteiger partial charge in [0, 0.05) is 31.9 Å². The molecule has 0 unspecified atom stereocenters. The van der Waals surface area contributed by atoms with Gasteiger partial charge in [-0.1, -0.05) is 12.8 Å². The minimum atomic E-state index is -3.77. The number of amides is 2. The number of hydrogen-bond donors (Lipinski definition) is 1. The van der Waals surface area contributed by atoms with Crippen LogP contribution >= 0.6 is 0 Å². The summed E-state index contributed by atoms with van der Waals surface area (Å²) in [4.78, 5) is 27.3. The molecule has 3 rings (SSSR count). The van der Waals surface area contributed by atoms with E-state index < -0.39 is 21.8 Å². The fourth-order valence-electron chi connectivity index (χ4n) is 4.27. The molecule has 1 N–H and O–H groups in total. The van der Waals surface area contributed by atoms with Crippen molar-refractivity contribution < 1.29 is 32.2 Å². The topological polar surface area (TPSA) is 114 Å². The first-order valence-corrected chi connectivity index (χ1v) is 14.3. The zero-order valence-electron chi connectivity index (χ0n) is 22.5. The van der Waals surface area contributed by atoms with E-state index in [-0.39, 0.29) is 22.8 Å². The van der Waals surface area contributed by atoms with Gasteiger partial charge in [0.1, 0.15) is 5.75 Å². The van der Waals surface area contributed by atoms with Crippen LogP contribution in [0.1, 0.15) is 49.9 Å². The first-order chi connectivity index (χ1) is 18.2. The molecule has 1 aliphatic heterocycles. The molecule has 0 spiro atoms. The van der Waals surface area contributed by atoms with Gasteiger partial charge in [-0.3, -0.25) is 9.59 Å². The molecule has 10 nitrogen and oxygen atoms in total. The number of methoxy groups -OCH3 is 1. The molecule has 0 aromatic heterocycles. The van der Waals surface area contributed by atoms with Gasteiger partial charge in [0.15, 0.2) is 11.5 Å². The van der Waals surface area contributed by atoms with Gasteiger partial charge in [-0.05, 0) is 57.0 Å². The van der Waals surface area contributed by atoms with Crippen LogP contribution in [-0.2, 0) is 14.8 Å². The van der Waals surface area contributed by atoms with E-state index in [9.17, 15) is 18.0 Å². The van der Waals surface area contributed by atoms with E-state index in [4.69, 9.17) is 14.2 Å². The fraction of sp³-hybridized carbons (Fsp3) is 0.481. The average Bonchev–Trinajstić information content (AvgIpc) is 3.20. The van der Waals surface area contributed by atoms with E-state index in [1.807, 2.05) is 13.8 Å². The summed E-state index contributed by atoms with van der Waals surface area (Å²) in [6.07, 6.45) is 3.60. The monoisotopic (exact) mass is 547 g/mol. The standard InChI is InChI=1S/C27H37N3O7S/c1-5-36-24-13-11-20(17-25(24)37-6-2)28-26(31)19-29(3)27(32)22-18-21(12-14-23(22)35-4)38(33,34)30-15-9-7-8-10-16-30/h11-14,17-18H,5-10,15-16,19H2,1-4H3,(H,28,31). The number of nitrogens with zero attached hydrogens (tertiary/aromatic N) is 2. The van der Waals surface area contributed by atoms with Gasteiger partial charge < -0.3 is 24.4 Å². The van der Waals surface area contributed by atoms with Gasteiger partial charge in [-0.25, -0.2) is 8.42 Å². The number of hydrogen-bond acceptors (Lipinski definition) is 7. The SMILES string of the molecule is CCOc1ccc(NC(=O)CN(C)C(=O)c2cc(S(=O)(=O)N3CCCCCC3)ccc2OC)cc1OCC. The Labute approximate surface area is 224 Å². The molecule has 1 saturated heterocycles. The summed E-state index contributed by atoms with van der Waals surface area (Å²) >= 11 is 0. The van der Waals surface area contributed by atoms with E-state index in [2.05, 4.69) is 5.32 Å². The van der Waals surface area contributed by atoms with Gasteiger partial charge in [0.25, 0.3) is 5.91 Å². The molecule has 0 radical (unpaired) electrons. The fourth-order valence-corrected chi connectivity index (χ4v) is 5.81. The lowest BCUT2D eigenvalue weighted by molar-refractivity contribution is -0.116. The maximum absolute atomic E-state index is 13.3. The smallest absolute Gasteiger partial charge is 0.257 e. The van der Waals surface area contributed by atoms with Crippen LogP contribution in [-0.4, -0.2) is 76.4 Å². The predicted octanol–water partition coefficient (Wildman–Crippen LogP) is 3.77. The van der Waals surface area contributed by atoms with Crippen LogP contribution in [0, 0.1) is 0 Å². The zero-order chi connectivity index (χ0) is 27.7. The van der Waals surface area contributed by atoms with Gasteiger partial charge in [0.05, 0.1) is 37.3 Å². The highest BCUT2D eigenvalue weighted by atomic mass is 32.2. The number of ether oxygens (including phenoxy) is 3. The van der Waals surface area contributed by atoms with Crippen LogP contribution < -0.4 is 19.5 Å². The molecule has 11 heteroatoms. The molecular formula is C27H37N3O7S. The highest BCUT2D eigenvalue weighted by molar-refractivity contribution is 7.89. The lowest BCUT2D eigenvalue weighted by Crippen LogP contribution is -2.35. The molecule has 1 fully saturated rings. The molecule has 2 aromatic rings. The third kappa shape index (κ3) is 7.16. The lowest BCUT2D eigenvalue weighted by Gasteiger charge is -2.22. The number of anilines is 1. The Morgan fingerprint density at radius 1 is 0.921 bits per heavy atom. The number of benzene rings is 2. The van der Waals surface area contributed by atoms with Crippen LogP contribution in [0.4, 0.5) is 5.69 Å². The first-order valence-electron chi connectivity index (χ1n) is 12.8. The van der Waals surface area contributed by atoms with Crippen molar-refractivity contribution in [3.05, 3.63) is 42.0 Å². The van der Waals surface area contributed by atoms with E-state index in [1.54, 1.807) is 18.2 Å². The molecule has 1 aliphatic rings. The molecule has 2 amide bonds. The largest absolute Gasteiger partial charge is 0.496 e. The Bertz CT molecular complexity index is 1230. The molecule has 0 aliphatic carbocycles. The number of carbonyl (C=O) groups excluding carboxylic acids is 2. The van der Waals surface area contributed by atoms with Crippen molar-refractivity contribution in [2.24, 2.45) is 0 Å². The van der Waals surface area contributed by atoms with Crippen molar-refractivity contribution in [2.45, 2.75) is 44.4 Å². The summed E-state index contributed by atoms with van der Waals surface area (Å²) < 4.78 is 44.5. The Kier molecular flexibility index (Phi) is 10.4. The maximum atomic E-state index is 13.3. The summed E-state index contributed by atoms with van der Waals surface area (Å²) in [6, 6.07) is 9.31. The second-order valence-electron chi connectivity index (χ2n) is 8.92. The second-order valence-corrected chi connectivity index (χ2v) is 10.9. The highest BCUT2D eigenvalue weighted by Crippen LogP contribution is 2.31. The van der Waals surface area contributed by atoms with Crippen LogP contribution in [0.5, 0.6) is 17.2 Å². The quantitative estimate of drug-likeness (QED) is 0.455. The summed E-state index contributed by atoms with van der Waals surface area (Å²) in [6.45, 7) is 5.27. The van der Waals surface area contributed by atoms with E-state index >= 15 is 0 Å². The molecule has 2 aromatic carbocycles. The van der Waals surface area contributed by atoms with E-state index in [0.29, 0.717) is 43.5 Å². The van der Waals surface area contributed by atoms with Gasteiger partial charge in [0.2, 0.25) is 15.9 Å². The molecule has 1 heterocycles. The van der Waals surface area contributed by atoms with Crippen LogP contribution in [0.25, 0.3) is 0 Å². The minimum Gasteiger partial charge on any atom is -0.496 e. The van der Waals surface area contributed by atoms with Crippen LogP contribution in [0.3, 0.4) is 0 Å². The van der Waals surface area contributed by atoms with Gasteiger partial charge >= 0.3 is 0 Å². The minimum absolute atomic E-state index is 0.0271. The Morgan fingerprint density at radius 3 is 2.18 bits per heavy atom. The number of carbonyl (C=O) groups is 2. The molecule has 0 saturated carbocycles. The number of sulfonamides is 1. The van der Waals surface area contributed by atoms with Crippen molar-refractivity contribution >= 4 is 27.5 Å². The zero-order valence-corrected chi connectivity index (χ0v) is 23.3. The molecule has 0 bridgehead atoms. The average molecular weight is 548 g/mol. The van der Waals surface area contributed by atoms with Crippen molar-refractivity contribution in [3.63, 3.8) is 0 Å². The van der Waals surface area contributed by atoms with Gasteiger partial charge in [-0.2, -0.15) is 4.31 Å². The summed E-state index contributed by atoms with van der Waals surface area (Å²) in [7, 11) is -0.887. The first kappa shape index (κ1) is 29.2.